The molecule has 2 nitrogen and oxygen atoms in total. The van der Waals surface area contributed by atoms with Crippen LogP contribution in [0.4, 0.5) is 5.69 Å². The van der Waals surface area contributed by atoms with Crippen LogP contribution in [0.25, 0.3) is 0 Å². The van der Waals surface area contributed by atoms with Crippen molar-refractivity contribution in [1.82, 2.24) is 0 Å². The molecule has 86 valence electrons. The van der Waals surface area contributed by atoms with Gasteiger partial charge in [0.15, 0.2) is 0 Å². The van der Waals surface area contributed by atoms with E-state index in [4.69, 9.17) is 11.2 Å². The Bertz CT molecular complexity index is 371. The van der Waals surface area contributed by atoms with Crippen molar-refractivity contribution in [3.63, 3.8) is 0 Å². The van der Waals surface area contributed by atoms with Crippen LogP contribution in [-0.4, -0.2) is 18.8 Å². The quantitative estimate of drug-likeness (QED) is 0.618. The Morgan fingerprint density at radius 1 is 1.38 bits per heavy atom. The highest BCUT2D eigenvalue weighted by Crippen LogP contribution is 2.10. The van der Waals surface area contributed by atoms with Gasteiger partial charge in [-0.2, -0.15) is 0 Å². The highest BCUT2D eigenvalue weighted by atomic mass is 16.5. The van der Waals surface area contributed by atoms with Crippen LogP contribution in [0.2, 0.25) is 0 Å². The minimum Gasteiger partial charge on any atom is -0.383 e. The van der Waals surface area contributed by atoms with Gasteiger partial charge in [-0.25, -0.2) is 0 Å². The van der Waals surface area contributed by atoms with Crippen molar-refractivity contribution in [1.29, 1.82) is 0 Å². The lowest BCUT2D eigenvalue weighted by molar-refractivity contribution is 0.00333. The van der Waals surface area contributed by atoms with Crippen LogP contribution in [0.3, 0.4) is 0 Å². The fourth-order valence-electron chi connectivity index (χ4n) is 1.27. The van der Waals surface area contributed by atoms with Crippen molar-refractivity contribution < 1.29 is 4.74 Å². The van der Waals surface area contributed by atoms with Crippen molar-refractivity contribution in [2.75, 3.05) is 18.5 Å². The lowest BCUT2D eigenvalue weighted by Crippen LogP contribution is -2.23. The van der Waals surface area contributed by atoms with E-state index in [0.717, 1.165) is 17.8 Å². The Morgan fingerprint density at radius 3 is 2.75 bits per heavy atom. The molecule has 1 aromatic carbocycles. The first kappa shape index (κ1) is 12.6. The maximum absolute atomic E-state index is 5.60. The zero-order chi connectivity index (χ0) is 12.0. The number of hydrogen-bond donors (Lipinski definition) is 1. The molecule has 0 heterocycles. The number of rotatable bonds is 4. The SMILES string of the molecule is C#Cc1cccc(NCCOC(C)(C)C)c1. The molecular formula is C14H19NO. The van der Waals surface area contributed by atoms with Gasteiger partial charge in [-0.1, -0.05) is 12.0 Å². The lowest BCUT2D eigenvalue weighted by atomic mass is 10.2. The number of terminal acetylenes is 1. The molecule has 0 aliphatic heterocycles. The Hall–Kier alpha value is -1.46. The van der Waals surface area contributed by atoms with Gasteiger partial charge in [0.25, 0.3) is 0 Å². The second-order valence-corrected chi connectivity index (χ2v) is 4.61. The van der Waals surface area contributed by atoms with Gasteiger partial charge in [0.2, 0.25) is 0 Å². The molecule has 0 spiro atoms. The second kappa shape index (κ2) is 5.58. The Labute approximate surface area is 98.0 Å². The van der Waals surface area contributed by atoms with Crippen LogP contribution in [0.15, 0.2) is 24.3 Å². The summed E-state index contributed by atoms with van der Waals surface area (Å²) >= 11 is 0. The fourth-order valence-corrected chi connectivity index (χ4v) is 1.27. The van der Waals surface area contributed by atoms with Gasteiger partial charge in [0, 0.05) is 17.8 Å². The molecule has 0 fully saturated rings. The third-order valence-corrected chi connectivity index (χ3v) is 2.00. The summed E-state index contributed by atoms with van der Waals surface area (Å²) in [7, 11) is 0. The highest BCUT2D eigenvalue weighted by Gasteiger charge is 2.08. The second-order valence-electron chi connectivity index (χ2n) is 4.61. The molecule has 16 heavy (non-hydrogen) atoms. The van der Waals surface area contributed by atoms with Crippen molar-refractivity contribution in [2.45, 2.75) is 26.4 Å². The average molecular weight is 217 g/mol. The van der Waals surface area contributed by atoms with Crippen LogP contribution in [0.1, 0.15) is 26.3 Å². The van der Waals surface area contributed by atoms with Gasteiger partial charge >= 0.3 is 0 Å². The summed E-state index contributed by atoms with van der Waals surface area (Å²) < 4.78 is 5.60. The molecule has 1 aromatic rings. The summed E-state index contributed by atoms with van der Waals surface area (Å²) in [5.41, 5.74) is 1.84. The van der Waals surface area contributed by atoms with Gasteiger partial charge in [-0.05, 0) is 39.0 Å². The molecule has 0 aliphatic carbocycles. The number of ether oxygens (including phenoxy) is 1. The Balaban J connectivity index is 2.35. The third kappa shape index (κ3) is 4.86. The van der Waals surface area contributed by atoms with Gasteiger partial charge in [-0.3, -0.25) is 0 Å². The fraction of sp³-hybridized carbons (Fsp3) is 0.429. The third-order valence-electron chi connectivity index (χ3n) is 2.00. The zero-order valence-electron chi connectivity index (χ0n) is 10.2. The monoisotopic (exact) mass is 217 g/mol. The van der Waals surface area contributed by atoms with Gasteiger partial charge in [0.05, 0.1) is 12.2 Å². The molecule has 2 heteroatoms. The van der Waals surface area contributed by atoms with E-state index < -0.39 is 0 Å². The number of anilines is 1. The van der Waals surface area contributed by atoms with Gasteiger partial charge in [0.1, 0.15) is 0 Å². The minimum absolute atomic E-state index is 0.0810. The lowest BCUT2D eigenvalue weighted by Gasteiger charge is -2.19. The average Bonchev–Trinajstić information content (AvgIpc) is 2.23. The molecule has 0 atom stereocenters. The molecule has 0 bridgehead atoms. The molecule has 1 rings (SSSR count). The van der Waals surface area contributed by atoms with Crippen LogP contribution in [0, 0.1) is 12.3 Å². The zero-order valence-corrected chi connectivity index (χ0v) is 10.2. The van der Waals surface area contributed by atoms with Crippen LogP contribution >= 0.6 is 0 Å². The molecule has 0 unspecified atom stereocenters. The van der Waals surface area contributed by atoms with Crippen molar-refractivity contribution in [3.8, 4) is 12.3 Å². The van der Waals surface area contributed by atoms with E-state index in [2.05, 4.69) is 11.2 Å². The van der Waals surface area contributed by atoms with E-state index in [1.807, 2.05) is 45.0 Å². The normalized spacial score (nSPS) is 10.9. The first-order valence-corrected chi connectivity index (χ1v) is 5.46. The van der Waals surface area contributed by atoms with Crippen molar-refractivity contribution >= 4 is 5.69 Å². The number of nitrogens with one attached hydrogen (secondary N) is 1. The predicted molar refractivity (Wildman–Crippen MR) is 68.6 cm³/mol. The topological polar surface area (TPSA) is 21.3 Å². The maximum atomic E-state index is 5.60. The molecule has 0 saturated heterocycles. The van der Waals surface area contributed by atoms with Crippen molar-refractivity contribution in [3.05, 3.63) is 29.8 Å². The van der Waals surface area contributed by atoms with E-state index in [9.17, 15) is 0 Å². The Kier molecular flexibility index (Phi) is 4.39. The molecule has 0 amide bonds. The first-order valence-electron chi connectivity index (χ1n) is 5.46. The van der Waals surface area contributed by atoms with E-state index in [1.165, 1.54) is 0 Å². The van der Waals surface area contributed by atoms with E-state index in [1.54, 1.807) is 0 Å². The van der Waals surface area contributed by atoms with Crippen LogP contribution in [-0.2, 0) is 4.74 Å². The van der Waals surface area contributed by atoms with Gasteiger partial charge in [-0.15, -0.1) is 6.42 Å². The van der Waals surface area contributed by atoms with Crippen LogP contribution < -0.4 is 5.32 Å². The molecule has 1 N–H and O–H groups in total. The smallest absolute Gasteiger partial charge is 0.0646 e. The number of benzene rings is 1. The van der Waals surface area contributed by atoms with E-state index in [-0.39, 0.29) is 5.60 Å². The number of hydrogen-bond acceptors (Lipinski definition) is 2. The summed E-state index contributed by atoms with van der Waals surface area (Å²) in [5, 5.41) is 3.27. The van der Waals surface area contributed by atoms with E-state index >= 15 is 0 Å². The summed E-state index contributed by atoms with van der Waals surface area (Å²) in [4.78, 5) is 0. The van der Waals surface area contributed by atoms with Crippen LogP contribution in [0.5, 0.6) is 0 Å². The summed E-state index contributed by atoms with van der Waals surface area (Å²) in [5.74, 6) is 2.61. The summed E-state index contributed by atoms with van der Waals surface area (Å²) in [6, 6.07) is 7.81. The molecular weight excluding hydrogens is 198 g/mol. The largest absolute Gasteiger partial charge is 0.383 e. The molecule has 0 radical (unpaired) electrons. The summed E-state index contributed by atoms with van der Waals surface area (Å²) in [6.45, 7) is 7.61. The van der Waals surface area contributed by atoms with Crippen molar-refractivity contribution in [2.24, 2.45) is 0 Å². The Morgan fingerprint density at radius 2 is 2.12 bits per heavy atom. The minimum atomic E-state index is -0.0810. The standard InChI is InChI=1S/C14H19NO/c1-5-12-7-6-8-13(11-12)15-9-10-16-14(2,3)4/h1,6-8,11,15H,9-10H2,2-4H3. The maximum Gasteiger partial charge on any atom is 0.0646 e. The molecule has 0 aliphatic rings. The predicted octanol–water partition coefficient (Wildman–Crippen LogP) is 2.89. The molecule has 0 aromatic heterocycles. The summed E-state index contributed by atoms with van der Waals surface area (Å²) in [6.07, 6.45) is 5.33. The van der Waals surface area contributed by atoms with E-state index in [0.29, 0.717) is 6.61 Å². The van der Waals surface area contributed by atoms with Gasteiger partial charge < -0.3 is 10.1 Å². The highest BCUT2D eigenvalue weighted by molar-refractivity contribution is 5.49. The molecule has 0 saturated carbocycles. The first-order chi connectivity index (χ1) is 7.51.